The van der Waals surface area contributed by atoms with E-state index in [0.717, 1.165) is 36.6 Å². The van der Waals surface area contributed by atoms with Crippen LogP contribution in [0.25, 0.3) is 10.8 Å². The lowest BCUT2D eigenvalue weighted by Crippen LogP contribution is -2.05. The number of phenolic OH excluding ortho intramolecular Hbond substituents is 2. The van der Waals surface area contributed by atoms with Gasteiger partial charge in [-0.05, 0) is 53.8 Å². The number of hydrogen-bond acceptors (Lipinski definition) is 3. The van der Waals surface area contributed by atoms with E-state index in [0.29, 0.717) is 0 Å². The predicted molar refractivity (Wildman–Crippen MR) is 108 cm³/mol. The molecule has 0 aliphatic carbocycles. The third kappa shape index (κ3) is 5.55. The van der Waals surface area contributed by atoms with Crippen LogP contribution in [0, 0.1) is 0 Å². The summed E-state index contributed by atoms with van der Waals surface area (Å²) in [5, 5.41) is 25.3. The molecule has 0 aliphatic rings. The SMILES string of the molecule is CCCCCCCCNc1ccc2cc(O)c(O)cc2c1CCCC. The summed E-state index contributed by atoms with van der Waals surface area (Å²) < 4.78 is 0. The van der Waals surface area contributed by atoms with Gasteiger partial charge in [0.25, 0.3) is 0 Å². The van der Waals surface area contributed by atoms with Crippen LogP contribution in [0.15, 0.2) is 24.3 Å². The second-order valence-electron chi connectivity index (χ2n) is 6.95. The quantitative estimate of drug-likeness (QED) is 0.328. The molecule has 0 bridgehead atoms. The topological polar surface area (TPSA) is 52.5 Å². The maximum absolute atomic E-state index is 9.90. The summed E-state index contributed by atoms with van der Waals surface area (Å²) in [5.74, 6) is -0.0972. The van der Waals surface area contributed by atoms with E-state index in [-0.39, 0.29) is 11.5 Å². The minimum absolute atomic E-state index is 0.0432. The highest BCUT2D eigenvalue weighted by Gasteiger charge is 2.10. The van der Waals surface area contributed by atoms with Crippen molar-refractivity contribution in [3.63, 3.8) is 0 Å². The van der Waals surface area contributed by atoms with Crippen molar-refractivity contribution in [1.29, 1.82) is 0 Å². The third-order valence-corrected chi connectivity index (χ3v) is 4.85. The zero-order chi connectivity index (χ0) is 18.1. The van der Waals surface area contributed by atoms with Gasteiger partial charge in [-0.3, -0.25) is 0 Å². The molecule has 138 valence electrons. The number of rotatable bonds is 11. The van der Waals surface area contributed by atoms with Crippen LogP contribution in [0.5, 0.6) is 11.5 Å². The van der Waals surface area contributed by atoms with Gasteiger partial charge in [0.2, 0.25) is 0 Å². The molecule has 3 heteroatoms. The van der Waals surface area contributed by atoms with Crippen LogP contribution in [0.1, 0.15) is 70.8 Å². The Labute approximate surface area is 152 Å². The Morgan fingerprint density at radius 1 is 0.800 bits per heavy atom. The maximum Gasteiger partial charge on any atom is 0.158 e. The molecule has 0 atom stereocenters. The fraction of sp³-hybridized carbons (Fsp3) is 0.545. The van der Waals surface area contributed by atoms with Crippen LogP contribution in [-0.2, 0) is 6.42 Å². The molecule has 0 saturated heterocycles. The Morgan fingerprint density at radius 2 is 1.48 bits per heavy atom. The molecule has 2 aromatic carbocycles. The number of aryl methyl sites for hydroxylation is 1. The normalized spacial score (nSPS) is 11.1. The van der Waals surface area contributed by atoms with Crippen LogP contribution in [0.4, 0.5) is 5.69 Å². The van der Waals surface area contributed by atoms with Crippen molar-refractivity contribution in [3.8, 4) is 11.5 Å². The third-order valence-electron chi connectivity index (χ3n) is 4.85. The first-order valence-electron chi connectivity index (χ1n) is 9.88. The van der Waals surface area contributed by atoms with Crippen molar-refractivity contribution in [1.82, 2.24) is 0 Å². The molecule has 3 N–H and O–H groups in total. The number of nitrogens with one attached hydrogen (secondary N) is 1. The van der Waals surface area contributed by atoms with Crippen LogP contribution in [0.3, 0.4) is 0 Å². The number of unbranched alkanes of at least 4 members (excludes halogenated alkanes) is 6. The van der Waals surface area contributed by atoms with Gasteiger partial charge < -0.3 is 15.5 Å². The van der Waals surface area contributed by atoms with Crippen LogP contribution < -0.4 is 5.32 Å². The first kappa shape index (κ1) is 19.4. The zero-order valence-corrected chi connectivity index (χ0v) is 15.8. The van der Waals surface area contributed by atoms with Gasteiger partial charge in [0.15, 0.2) is 11.5 Å². The molecule has 0 fully saturated rings. The molecule has 0 unspecified atom stereocenters. The number of phenols is 2. The van der Waals surface area contributed by atoms with Crippen molar-refractivity contribution in [2.45, 2.75) is 71.6 Å². The number of anilines is 1. The lowest BCUT2D eigenvalue weighted by molar-refractivity contribution is 0.405. The van der Waals surface area contributed by atoms with Gasteiger partial charge in [0.05, 0.1) is 0 Å². The molecule has 0 aliphatic heterocycles. The minimum atomic E-state index is -0.0540. The standard InChI is InChI=1S/C22H33NO2/c1-3-5-7-8-9-10-14-23-20-13-12-17-15-21(24)22(25)16-19(17)18(20)11-6-4-2/h12-13,15-16,23-25H,3-11,14H2,1-2H3. The largest absolute Gasteiger partial charge is 0.504 e. The Bertz CT molecular complexity index is 667. The summed E-state index contributed by atoms with van der Waals surface area (Å²) in [7, 11) is 0. The summed E-state index contributed by atoms with van der Waals surface area (Å²) in [5.41, 5.74) is 2.42. The van der Waals surface area contributed by atoms with Crippen molar-refractivity contribution in [2.75, 3.05) is 11.9 Å². The summed E-state index contributed by atoms with van der Waals surface area (Å²) in [4.78, 5) is 0. The Hall–Kier alpha value is -1.90. The highest BCUT2D eigenvalue weighted by molar-refractivity contribution is 5.92. The Balaban J connectivity index is 2.08. The molecule has 3 nitrogen and oxygen atoms in total. The fourth-order valence-electron chi connectivity index (χ4n) is 3.33. The van der Waals surface area contributed by atoms with Gasteiger partial charge in [-0.25, -0.2) is 0 Å². The summed E-state index contributed by atoms with van der Waals surface area (Å²) in [6, 6.07) is 7.48. The van der Waals surface area contributed by atoms with E-state index in [1.807, 2.05) is 6.07 Å². The van der Waals surface area contributed by atoms with E-state index in [1.54, 1.807) is 12.1 Å². The molecule has 25 heavy (non-hydrogen) atoms. The van der Waals surface area contributed by atoms with E-state index >= 15 is 0 Å². The van der Waals surface area contributed by atoms with Gasteiger partial charge in [-0.2, -0.15) is 0 Å². The van der Waals surface area contributed by atoms with E-state index in [2.05, 4.69) is 25.2 Å². The van der Waals surface area contributed by atoms with Crippen molar-refractivity contribution < 1.29 is 10.2 Å². The molecule has 0 spiro atoms. The zero-order valence-electron chi connectivity index (χ0n) is 15.8. The maximum atomic E-state index is 9.90. The van der Waals surface area contributed by atoms with E-state index < -0.39 is 0 Å². The Morgan fingerprint density at radius 3 is 2.24 bits per heavy atom. The second kappa shape index (κ2) is 10.2. The van der Waals surface area contributed by atoms with Crippen molar-refractivity contribution in [2.24, 2.45) is 0 Å². The predicted octanol–water partition coefficient (Wildman–Crippen LogP) is 6.37. The van der Waals surface area contributed by atoms with E-state index in [1.165, 1.54) is 49.8 Å². The van der Waals surface area contributed by atoms with Crippen molar-refractivity contribution in [3.05, 3.63) is 29.8 Å². The Kier molecular flexibility index (Phi) is 7.90. The van der Waals surface area contributed by atoms with Gasteiger partial charge in [0.1, 0.15) is 0 Å². The summed E-state index contributed by atoms with van der Waals surface area (Å²) in [6.45, 7) is 5.43. The van der Waals surface area contributed by atoms with Crippen LogP contribution in [0.2, 0.25) is 0 Å². The first-order chi connectivity index (χ1) is 12.2. The number of benzene rings is 2. The smallest absolute Gasteiger partial charge is 0.158 e. The summed E-state index contributed by atoms with van der Waals surface area (Å²) >= 11 is 0. The van der Waals surface area contributed by atoms with Gasteiger partial charge in [-0.15, -0.1) is 0 Å². The molecule has 0 saturated carbocycles. The lowest BCUT2D eigenvalue weighted by atomic mass is 9.97. The average Bonchev–Trinajstić information content (AvgIpc) is 2.61. The average molecular weight is 344 g/mol. The van der Waals surface area contributed by atoms with Gasteiger partial charge in [0, 0.05) is 12.2 Å². The molecule has 2 rings (SSSR count). The molecule has 2 aromatic rings. The van der Waals surface area contributed by atoms with E-state index in [9.17, 15) is 10.2 Å². The monoisotopic (exact) mass is 343 g/mol. The molecular formula is C22H33NO2. The molecule has 0 heterocycles. The van der Waals surface area contributed by atoms with Gasteiger partial charge in [-0.1, -0.05) is 58.4 Å². The number of fused-ring (bicyclic) bond motifs is 1. The highest BCUT2D eigenvalue weighted by Crippen LogP contribution is 2.35. The first-order valence-corrected chi connectivity index (χ1v) is 9.88. The van der Waals surface area contributed by atoms with Gasteiger partial charge >= 0.3 is 0 Å². The lowest BCUT2D eigenvalue weighted by Gasteiger charge is -2.16. The molecule has 0 amide bonds. The van der Waals surface area contributed by atoms with Crippen molar-refractivity contribution >= 4 is 16.5 Å². The van der Waals surface area contributed by atoms with Crippen LogP contribution in [-0.4, -0.2) is 16.8 Å². The minimum Gasteiger partial charge on any atom is -0.504 e. The highest BCUT2D eigenvalue weighted by atomic mass is 16.3. The van der Waals surface area contributed by atoms with Crippen LogP contribution >= 0.6 is 0 Å². The molecule has 0 aromatic heterocycles. The molecule has 0 radical (unpaired) electrons. The fourth-order valence-corrected chi connectivity index (χ4v) is 3.33. The second-order valence-corrected chi connectivity index (χ2v) is 6.95. The summed E-state index contributed by atoms with van der Waals surface area (Å²) in [6.07, 6.45) is 11.0. The van der Waals surface area contributed by atoms with E-state index in [4.69, 9.17) is 0 Å². The molecular weight excluding hydrogens is 310 g/mol. The number of hydrogen-bond donors (Lipinski definition) is 3. The number of aromatic hydroxyl groups is 2.